The molecule has 20 heavy (non-hydrogen) atoms. The van der Waals surface area contributed by atoms with Gasteiger partial charge in [0, 0.05) is 23.0 Å². The van der Waals surface area contributed by atoms with Gasteiger partial charge in [-0.25, -0.2) is 0 Å². The summed E-state index contributed by atoms with van der Waals surface area (Å²) >= 11 is 7.43. The average Bonchev–Trinajstić information content (AvgIpc) is 2.39. The van der Waals surface area contributed by atoms with Crippen molar-refractivity contribution in [2.45, 2.75) is 43.1 Å². The van der Waals surface area contributed by atoms with E-state index < -0.39 is 0 Å². The first-order chi connectivity index (χ1) is 9.45. The number of carbonyl (C=O) groups excluding carboxylic acids is 1. The Morgan fingerprint density at radius 2 is 1.85 bits per heavy atom. The van der Waals surface area contributed by atoms with Crippen LogP contribution < -0.4 is 0 Å². The lowest BCUT2D eigenvalue weighted by Crippen LogP contribution is -2.50. The summed E-state index contributed by atoms with van der Waals surface area (Å²) in [6.45, 7) is 7.32. The fourth-order valence-corrected chi connectivity index (χ4v) is 3.46. The number of halogens is 1. The van der Waals surface area contributed by atoms with Crippen LogP contribution in [0.2, 0.25) is 5.02 Å². The molecule has 0 N–H and O–H groups in total. The van der Waals surface area contributed by atoms with Gasteiger partial charge in [-0.3, -0.25) is 4.79 Å². The van der Waals surface area contributed by atoms with E-state index in [1.807, 2.05) is 49.9 Å². The molecule has 5 heteroatoms. The van der Waals surface area contributed by atoms with Crippen molar-refractivity contribution in [1.82, 2.24) is 4.90 Å². The van der Waals surface area contributed by atoms with E-state index in [4.69, 9.17) is 16.3 Å². The van der Waals surface area contributed by atoms with Crippen LogP contribution in [0.1, 0.15) is 20.8 Å². The van der Waals surface area contributed by atoms with Gasteiger partial charge in [0.25, 0.3) is 0 Å². The number of nitrogens with zero attached hydrogens (tertiary/aromatic N) is 1. The fourth-order valence-electron chi connectivity index (χ4n) is 2.38. The van der Waals surface area contributed by atoms with Crippen LogP contribution in [0.3, 0.4) is 0 Å². The third-order valence-electron chi connectivity index (χ3n) is 3.21. The second-order valence-electron chi connectivity index (χ2n) is 5.21. The van der Waals surface area contributed by atoms with E-state index >= 15 is 0 Å². The van der Waals surface area contributed by atoms with Crippen molar-refractivity contribution in [1.29, 1.82) is 0 Å². The minimum atomic E-state index is -0.103. The minimum Gasteiger partial charge on any atom is -0.372 e. The van der Waals surface area contributed by atoms with Gasteiger partial charge in [-0.1, -0.05) is 11.6 Å². The van der Waals surface area contributed by atoms with Crippen molar-refractivity contribution in [3.63, 3.8) is 0 Å². The smallest absolute Gasteiger partial charge is 0.235 e. The quantitative estimate of drug-likeness (QED) is 0.800. The first-order valence-corrected chi connectivity index (χ1v) is 8.08. The predicted molar refractivity (Wildman–Crippen MR) is 83.4 cm³/mol. The fraction of sp³-hybridized carbons (Fsp3) is 0.533. The van der Waals surface area contributed by atoms with Gasteiger partial charge < -0.3 is 9.64 Å². The van der Waals surface area contributed by atoms with Gasteiger partial charge in [0.15, 0.2) is 0 Å². The molecule has 0 radical (unpaired) electrons. The zero-order valence-electron chi connectivity index (χ0n) is 12.0. The zero-order chi connectivity index (χ0) is 14.7. The van der Waals surface area contributed by atoms with Gasteiger partial charge in [-0.2, -0.15) is 0 Å². The Morgan fingerprint density at radius 3 is 2.40 bits per heavy atom. The lowest BCUT2D eigenvalue weighted by molar-refractivity contribution is -0.142. The molecule has 3 nitrogen and oxygen atoms in total. The van der Waals surface area contributed by atoms with Crippen LogP contribution in [0.25, 0.3) is 0 Å². The van der Waals surface area contributed by atoms with Gasteiger partial charge in [-0.05, 0) is 45.0 Å². The van der Waals surface area contributed by atoms with E-state index in [0.29, 0.717) is 18.1 Å². The number of morpholine rings is 1. The molecule has 0 saturated carbocycles. The Hall–Kier alpha value is -0.710. The number of ether oxygens (including phenoxy) is 1. The first kappa shape index (κ1) is 15.7. The number of amides is 1. The Labute approximate surface area is 129 Å². The summed E-state index contributed by atoms with van der Waals surface area (Å²) < 4.78 is 5.66. The zero-order valence-corrected chi connectivity index (χ0v) is 13.6. The number of carbonyl (C=O) groups is 1. The topological polar surface area (TPSA) is 29.5 Å². The Balaban J connectivity index is 1.96. The van der Waals surface area contributed by atoms with E-state index in [1.165, 1.54) is 0 Å². The maximum Gasteiger partial charge on any atom is 0.235 e. The molecule has 0 bridgehead atoms. The molecule has 1 amide bonds. The van der Waals surface area contributed by atoms with E-state index in [-0.39, 0.29) is 23.4 Å². The minimum absolute atomic E-state index is 0.103. The molecule has 0 aromatic heterocycles. The van der Waals surface area contributed by atoms with Crippen molar-refractivity contribution in [2.75, 3.05) is 13.1 Å². The Morgan fingerprint density at radius 1 is 1.30 bits per heavy atom. The molecule has 0 spiro atoms. The highest BCUT2D eigenvalue weighted by molar-refractivity contribution is 8.00. The highest BCUT2D eigenvalue weighted by Crippen LogP contribution is 2.26. The monoisotopic (exact) mass is 313 g/mol. The van der Waals surface area contributed by atoms with E-state index in [0.717, 1.165) is 4.90 Å². The SMILES string of the molecule is C[C@@H]1CN(C(=O)[C@@H](C)Sc2ccc(Cl)cc2)C[C@@H](C)O1. The molecule has 2 rings (SSSR count). The molecule has 1 heterocycles. The van der Waals surface area contributed by atoms with E-state index in [2.05, 4.69) is 0 Å². The summed E-state index contributed by atoms with van der Waals surface area (Å²) in [7, 11) is 0. The van der Waals surface area contributed by atoms with Crippen molar-refractivity contribution in [2.24, 2.45) is 0 Å². The molecule has 110 valence electrons. The van der Waals surface area contributed by atoms with Crippen molar-refractivity contribution in [3.05, 3.63) is 29.3 Å². The average molecular weight is 314 g/mol. The van der Waals surface area contributed by atoms with Crippen molar-refractivity contribution >= 4 is 29.3 Å². The van der Waals surface area contributed by atoms with Crippen LogP contribution in [-0.2, 0) is 9.53 Å². The number of rotatable bonds is 3. The number of hydrogen-bond acceptors (Lipinski definition) is 3. The van der Waals surface area contributed by atoms with Crippen LogP contribution >= 0.6 is 23.4 Å². The lowest BCUT2D eigenvalue weighted by Gasteiger charge is -2.36. The molecule has 1 saturated heterocycles. The van der Waals surface area contributed by atoms with Gasteiger partial charge in [0.2, 0.25) is 5.91 Å². The maximum absolute atomic E-state index is 12.5. The van der Waals surface area contributed by atoms with Crippen molar-refractivity contribution < 1.29 is 9.53 Å². The van der Waals surface area contributed by atoms with E-state index in [9.17, 15) is 4.79 Å². The molecular weight excluding hydrogens is 294 g/mol. The standard InChI is InChI=1S/C15H20ClNO2S/c1-10-8-17(9-11(2)19-10)15(18)12(3)20-14-6-4-13(16)5-7-14/h4-7,10-12H,8-9H2,1-3H3/t10-,11-,12-/m1/s1. The van der Waals surface area contributed by atoms with Gasteiger partial charge in [0.05, 0.1) is 17.5 Å². The largest absolute Gasteiger partial charge is 0.372 e. The van der Waals surface area contributed by atoms with Crippen LogP contribution in [0.4, 0.5) is 0 Å². The highest BCUT2D eigenvalue weighted by Gasteiger charge is 2.28. The van der Waals surface area contributed by atoms with Gasteiger partial charge >= 0.3 is 0 Å². The summed E-state index contributed by atoms with van der Waals surface area (Å²) in [6.07, 6.45) is 0.214. The van der Waals surface area contributed by atoms with Crippen LogP contribution in [0.5, 0.6) is 0 Å². The second kappa shape index (κ2) is 6.83. The third-order valence-corrected chi connectivity index (χ3v) is 4.56. The highest BCUT2D eigenvalue weighted by atomic mass is 35.5. The van der Waals surface area contributed by atoms with E-state index in [1.54, 1.807) is 11.8 Å². The second-order valence-corrected chi connectivity index (χ2v) is 7.07. The Bertz CT molecular complexity index is 455. The number of benzene rings is 1. The summed E-state index contributed by atoms with van der Waals surface area (Å²) in [5, 5.41) is 0.609. The number of thioether (sulfide) groups is 1. The normalized spacial score (nSPS) is 24.5. The van der Waals surface area contributed by atoms with Gasteiger partial charge in [0.1, 0.15) is 0 Å². The van der Waals surface area contributed by atoms with Crippen LogP contribution in [0.15, 0.2) is 29.2 Å². The molecule has 1 aliphatic rings. The predicted octanol–water partition coefficient (Wildman–Crippen LogP) is 3.46. The molecule has 3 atom stereocenters. The lowest BCUT2D eigenvalue weighted by atomic mass is 10.2. The van der Waals surface area contributed by atoms with Crippen LogP contribution in [0, 0.1) is 0 Å². The number of hydrogen-bond donors (Lipinski definition) is 0. The molecule has 1 aromatic rings. The maximum atomic E-state index is 12.5. The molecule has 1 fully saturated rings. The van der Waals surface area contributed by atoms with Crippen LogP contribution in [-0.4, -0.2) is 41.4 Å². The molecule has 1 aliphatic heterocycles. The molecule has 1 aromatic carbocycles. The van der Waals surface area contributed by atoms with Gasteiger partial charge in [-0.15, -0.1) is 11.8 Å². The summed E-state index contributed by atoms with van der Waals surface area (Å²) in [4.78, 5) is 15.5. The molecule has 0 unspecified atom stereocenters. The summed E-state index contributed by atoms with van der Waals surface area (Å²) in [5.74, 6) is 0.173. The molecular formula is C15H20ClNO2S. The Kier molecular flexibility index (Phi) is 5.35. The first-order valence-electron chi connectivity index (χ1n) is 6.82. The summed E-state index contributed by atoms with van der Waals surface area (Å²) in [5.41, 5.74) is 0. The third kappa shape index (κ3) is 4.14. The summed E-state index contributed by atoms with van der Waals surface area (Å²) in [6, 6.07) is 7.59. The molecule has 0 aliphatic carbocycles. The van der Waals surface area contributed by atoms with Crippen molar-refractivity contribution in [3.8, 4) is 0 Å².